The molecule has 0 aromatic rings. The molecule has 1 heterocycles. The number of aliphatic carboxylic acids is 1. The van der Waals surface area contributed by atoms with Gasteiger partial charge >= 0.3 is 5.97 Å². The molecule has 2 atom stereocenters. The van der Waals surface area contributed by atoms with E-state index < -0.39 is 5.97 Å². The van der Waals surface area contributed by atoms with Gasteiger partial charge in [0.1, 0.15) is 0 Å². The Morgan fingerprint density at radius 1 is 1.47 bits per heavy atom. The highest BCUT2D eigenvalue weighted by atomic mass is 16.4. The highest BCUT2D eigenvalue weighted by molar-refractivity contribution is 5.71. The smallest absolute Gasteiger partial charge is 0.307 e. The van der Waals surface area contributed by atoms with Gasteiger partial charge in [-0.05, 0) is 17.3 Å². The number of carboxylic acids is 1. The van der Waals surface area contributed by atoms with Crippen molar-refractivity contribution in [1.82, 2.24) is 5.32 Å². The molecule has 3 N–H and O–H groups in total. The maximum atomic E-state index is 10.7. The molecule has 2 rings (SSSR count). The molecule has 0 amide bonds. The number of carboxylic acid groups (broad SMARTS) is 1. The van der Waals surface area contributed by atoms with Crippen molar-refractivity contribution < 1.29 is 15.0 Å². The Hall–Kier alpha value is -1.55. The molecular weight excluding hydrogens is 194 g/mol. The molecular formula is C11H13NO3. The van der Waals surface area contributed by atoms with Gasteiger partial charge in [0.15, 0.2) is 0 Å². The van der Waals surface area contributed by atoms with Crippen molar-refractivity contribution in [2.75, 3.05) is 6.61 Å². The third-order valence-electron chi connectivity index (χ3n) is 2.79. The average Bonchev–Trinajstić information content (AvgIpc) is 2.61. The van der Waals surface area contributed by atoms with E-state index in [4.69, 9.17) is 10.2 Å². The molecule has 0 bridgehead atoms. The van der Waals surface area contributed by atoms with Crippen molar-refractivity contribution in [1.29, 1.82) is 0 Å². The van der Waals surface area contributed by atoms with Crippen LogP contribution in [-0.4, -0.2) is 28.8 Å². The molecule has 1 aliphatic heterocycles. The molecule has 2 aliphatic rings. The van der Waals surface area contributed by atoms with E-state index in [1.54, 1.807) is 6.20 Å². The molecule has 80 valence electrons. The fraction of sp³-hybridized carbons (Fsp3) is 0.364. The summed E-state index contributed by atoms with van der Waals surface area (Å²) >= 11 is 0. The Kier molecular flexibility index (Phi) is 2.60. The minimum Gasteiger partial charge on any atom is -0.481 e. The number of rotatable bonds is 3. The van der Waals surface area contributed by atoms with Crippen LogP contribution in [0.4, 0.5) is 0 Å². The summed E-state index contributed by atoms with van der Waals surface area (Å²) in [5.41, 5.74) is 1.71. The van der Waals surface area contributed by atoms with Crippen molar-refractivity contribution in [3.05, 3.63) is 35.6 Å². The maximum absolute atomic E-state index is 10.7. The van der Waals surface area contributed by atoms with Crippen LogP contribution in [0.5, 0.6) is 0 Å². The van der Waals surface area contributed by atoms with Gasteiger partial charge in [0, 0.05) is 5.92 Å². The molecule has 15 heavy (non-hydrogen) atoms. The van der Waals surface area contributed by atoms with Crippen LogP contribution in [0.25, 0.3) is 0 Å². The molecule has 0 saturated carbocycles. The monoisotopic (exact) mass is 207 g/mol. The van der Waals surface area contributed by atoms with Gasteiger partial charge in [0.25, 0.3) is 0 Å². The maximum Gasteiger partial charge on any atom is 0.307 e. The normalized spacial score (nSPS) is 27.8. The Morgan fingerprint density at radius 2 is 2.27 bits per heavy atom. The lowest BCUT2D eigenvalue weighted by molar-refractivity contribution is -0.136. The lowest BCUT2D eigenvalue weighted by atomic mass is 9.83. The van der Waals surface area contributed by atoms with Crippen LogP contribution in [0, 0.1) is 5.92 Å². The van der Waals surface area contributed by atoms with Gasteiger partial charge in [0.05, 0.1) is 19.1 Å². The first-order valence-electron chi connectivity index (χ1n) is 4.87. The summed E-state index contributed by atoms with van der Waals surface area (Å²) in [4.78, 5) is 10.7. The molecule has 0 spiro atoms. The molecule has 0 aromatic carbocycles. The molecule has 4 nitrogen and oxygen atoms in total. The van der Waals surface area contributed by atoms with E-state index in [1.165, 1.54) is 0 Å². The molecule has 0 aromatic heterocycles. The SMILES string of the molecule is O=C(O)CC1=CC=CC2NC=C(CO)C12. The number of aliphatic hydroxyl groups is 1. The Balaban J connectivity index is 2.22. The average molecular weight is 207 g/mol. The van der Waals surface area contributed by atoms with Crippen LogP contribution in [0.3, 0.4) is 0 Å². The third-order valence-corrected chi connectivity index (χ3v) is 2.79. The number of fused-ring (bicyclic) bond motifs is 1. The van der Waals surface area contributed by atoms with E-state index in [2.05, 4.69) is 5.32 Å². The van der Waals surface area contributed by atoms with Crippen molar-refractivity contribution in [3.63, 3.8) is 0 Å². The molecule has 1 aliphatic carbocycles. The van der Waals surface area contributed by atoms with Crippen LogP contribution in [-0.2, 0) is 4.79 Å². The van der Waals surface area contributed by atoms with Gasteiger partial charge in [-0.25, -0.2) is 0 Å². The molecule has 0 saturated heterocycles. The van der Waals surface area contributed by atoms with E-state index in [-0.39, 0.29) is 25.0 Å². The zero-order valence-corrected chi connectivity index (χ0v) is 8.18. The number of allylic oxidation sites excluding steroid dienone is 2. The van der Waals surface area contributed by atoms with Gasteiger partial charge in [-0.3, -0.25) is 4.79 Å². The largest absolute Gasteiger partial charge is 0.481 e. The first-order valence-corrected chi connectivity index (χ1v) is 4.87. The number of hydrogen-bond donors (Lipinski definition) is 3. The van der Waals surface area contributed by atoms with Gasteiger partial charge in [-0.15, -0.1) is 0 Å². The van der Waals surface area contributed by atoms with Gasteiger partial charge in [0.2, 0.25) is 0 Å². The quantitative estimate of drug-likeness (QED) is 0.627. The highest BCUT2D eigenvalue weighted by Crippen LogP contribution is 2.33. The zero-order valence-electron chi connectivity index (χ0n) is 8.18. The lowest BCUT2D eigenvalue weighted by Crippen LogP contribution is -2.29. The Bertz CT molecular complexity index is 368. The van der Waals surface area contributed by atoms with Crippen LogP contribution < -0.4 is 5.32 Å². The van der Waals surface area contributed by atoms with Crippen LogP contribution >= 0.6 is 0 Å². The minimum absolute atomic E-state index is 0.0103. The predicted octanol–water partition coefficient (Wildman–Crippen LogP) is 0.422. The van der Waals surface area contributed by atoms with Crippen LogP contribution in [0.15, 0.2) is 35.6 Å². The van der Waals surface area contributed by atoms with E-state index in [0.717, 1.165) is 11.1 Å². The molecule has 0 radical (unpaired) electrons. The molecule has 2 unspecified atom stereocenters. The van der Waals surface area contributed by atoms with Crippen molar-refractivity contribution in [2.24, 2.45) is 5.92 Å². The molecule has 4 heteroatoms. The fourth-order valence-electron chi connectivity index (χ4n) is 2.15. The number of nitrogens with one attached hydrogen (secondary N) is 1. The van der Waals surface area contributed by atoms with E-state index in [1.807, 2.05) is 18.2 Å². The second-order valence-electron chi connectivity index (χ2n) is 3.74. The van der Waals surface area contributed by atoms with Crippen LogP contribution in [0.1, 0.15) is 6.42 Å². The van der Waals surface area contributed by atoms with Crippen molar-refractivity contribution in [3.8, 4) is 0 Å². The summed E-state index contributed by atoms with van der Waals surface area (Å²) < 4.78 is 0. The first-order chi connectivity index (χ1) is 7.22. The van der Waals surface area contributed by atoms with Gasteiger partial charge < -0.3 is 15.5 Å². The lowest BCUT2D eigenvalue weighted by Gasteiger charge is -2.24. The van der Waals surface area contributed by atoms with Crippen molar-refractivity contribution >= 4 is 5.97 Å². The van der Waals surface area contributed by atoms with E-state index >= 15 is 0 Å². The second-order valence-corrected chi connectivity index (χ2v) is 3.74. The zero-order chi connectivity index (χ0) is 10.8. The predicted molar refractivity (Wildman–Crippen MR) is 55.1 cm³/mol. The standard InChI is InChI=1S/C11H13NO3/c13-6-8-5-12-9-3-1-2-7(11(8)9)4-10(14)15/h1-3,5,9,11-13H,4,6H2,(H,14,15). The van der Waals surface area contributed by atoms with E-state index in [0.29, 0.717) is 0 Å². The minimum atomic E-state index is -0.834. The Morgan fingerprint density at radius 3 is 2.93 bits per heavy atom. The summed E-state index contributed by atoms with van der Waals surface area (Å²) in [7, 11) is 0. The summed E-state index contributed by atoms with van der Waals surface area (Å²) in [6, 6.07) is 0.103. The third kappa shape index (κ3) is 1.80. The number of aliphatic hydroxyl groups excluding tert-OH is 1. The summed E-state index contributed by atoms with van der Waals surface area (Å²) in [6.45, 7) is -0.0288. The highest BCUT2D eigenvalue weighted by Gasteiger charge is 2.32. The molecule has 0 fully saturated rings. The first kappa shape index (κ1) is 9.98. The fourth-order valence-corrected chi connectivity index (χ4v) is 2.15. The van der Waals surface area contributed by atoms with Crippen LogP contribution in [0.2, 0.25) is 0 Å². The summed E-state index contributed by atoms with van der Waals surface area (Å²) in [6.07, 6.45) is 7.48. The Labute approximate surface area is 87.6 Å². The topological polar surface area (TPSA) is 69.6 Å². The van der Waals surface area contributed by atoms with Gasteiger partial charge in [-0.2, -0.15) is 0 Å². The van der Waals surface area contributed by atoms with Gasteiger partial charge in [-0.1, -0.05) is 18.2 Å². The van der Waals surface area contributed by atoms with Crippen molar-refractivity contribution in [2.45, 2.75) is 12.5 Å². The second kappa shape index (κ2) is 3.90. The number of carbonyl (C=O) groups is 1. The van der Waals surface area contributed by atoms with E-state index in [9.17, 15) is 4.79 Å². The summed E-state index contributed by atoms with van der Waals surface area (Å²) in [5.74, 6) is -0.824. The number of hydrogen-bond acceptors (Lipinski definition) is 3. The summed E-state index contributed by atoms with van der Waals surface area (Å²) in [5, 5.41) is 21.0.